The van der Waals surface area contributed by atoms with Gasteiger partial charge >= 0.3 is 0 Å². The molecule has 9 aliphatic carbocycles. The fourth-order valence-electron chi connectivity index (χ4n) is 16.9. The van der Waals surface area contributed by atoms with Gasteiger partial charge in [-0.3, -0.25) is 0 Å². The van der Waals surface area contributed by atoms with Gasteiger partial charge in [-0.25, -0.2) is 49.8 Å². The molecule has 5 saturated carbocycles. The number of aromatic nitrogens is 11. The van der Waals surface area contributed by atoms with Gasteiger partial charge in [0.15, 0.2) is 0 Å². The molecule has 0 saturated heterocycles. The number of aryl methyl sites for hydroxylation is 7. The SMILES string of the molecule is CN(c1ncnc2sc3c(c12)CCCC3)C1CC1.CN(c1ncnc2sc3c(c12)CCCC3)C1CCC1.CN(c1ncnc2sc3c(c12)CCCC3)C1CCCC1.CN(c1ncnc2sc3ccccc3c12)C1CC1.COc1ccc(Cn2c3c(c4c(N(C)C5CC5)ncnc42)CCCC3)cc1. The fourth-order valence-corrected chi connectivity index (χ4v) is 21.6. The van der Waals surface area contributed by atoms with E-state index < -0.39 is 0 Å². The van der Waals surface area contributed by atoms with Crippen molar-refractivity contribution in [1.29, 1.82) is 0 Å². The standard InChI is InChI=1S/C22H26N4O.C16H21N3S.C15H19N3S.C14H17N3S.C14H13N3S/c1-25(16-9-10-16)21-20-18-5-3-4-6-19(18)26(22(20)24-14-23-21)13-15-7-11-17(27-2)12-8-15;1-19(11-6-2-3-7-11)15-14-12-8-4-5-9-13(12)20-16(14)18-10-17-15;1-18(10-5-4-6-10)14-13-11-7-2-3-8-12(11)19-15(13)17-9-16-14;2*1-17(9-6-7-9)13-12-10-4-2-3-5-11(10)18-14(12)16-8-15-13/h7-8,11-12,14,16H,3-6,9-10,13H2,1-2H3;10-11H,2-9H2,1H3;9-10H,2-8H2,1H3;8-9H,2-7H2,1H3;2-5,8-9H,6-7H2,1H3. The van der Waals surface area contributed by atoms with Gasteiger partial charge in [-0.2, -0.15) is 0 Å². The Labute approximate surface area is 615 Å². The van der Waals surface area contributed by atoms with Crippen LogP contribution in [0.15, 0.2) is 80.2 Å². The Morgan fingerprint density at radius 2 is 0.735 bits per heavy atom. The topological polar surface area (TPSA) is 159 Å². The molecule has 21 heteroatoms. The van der Waals surface area contributed by atoms with Crippen molar-refractivity contribution in [3.05, 3.63) is 128 Å². The number of fused-ring (bicyclic) bond motifs is 15. The molecule has 2 aromatic carbocycles. The Kier molecular flexibility index (Phi) is 19.5. The predicted molar refractivity (Wildman–Crippen MR) is 424 cm³/mol. The van der Waals surface area contributed by atoms with Crippen LogP contribution >= 0.6 is 45.3 Å². The lowest BCUT2D eigenvalue weighted by atomic mass is 9.91. The molecule has 21 rings (SSSR count). The molecule has 0 atom stereocenters. The number of hydrogen-bond donors (Lipinski definition) is 0. The van der Waals surface area contributed by atoms with Crippen LogP contribution in [0, 0.1) is 0 Å². The Hall–Kier alpha value is -7.72. The molecule has 0 radical (unpaired) electrons. The number of anilines is 5. The summed E-state index contributed by atoms with van der Waals surface area (Å²) >= 11 is 7.42. The summed E-state index contributed by atoms with van der Waals surface area (Å²) in [7, 11) is 12.7. The molecule has 0 unspecified atom stereocenters. The molecule has 5 fully saturated rings. The number of thiophene rings is 4. The van der Waals surface area contributed by atoms with Crippen molar-refractivity contribution < 1.29 is 4.74 Å². The van der Waals surface area contributed by atoms with E-state index in [1.807, 2.05) is 46.1 Å². The maximum Gasteiger partial charge on any atom is 0.146 e. The van der Waals surface area contributed by atoms with Crippen LogP contribution in [0.4, 0.5) is 29.1 Å². The predicted octanol–water partition coefficient (Wildman–Crippen LogP) is 18.1. The number of benzene rings is 2. The molecule has 12 aromatic rings. The monoisotopic (exact) mass is 1440 g/mol. The van der Waals surface area contributed by atoms with Gasteiger partial charge in [-0.1, -0.05) is 43.2 Å². The van der Waals surface area contributed by atoms with Crippen molar-refractivity contribution in [2.45, 2.75) is 223 Å². The molecule has 10 aromatic heterocycles. The quantitative estimate of drug-likeness (QED) is 0.107. The largest absolute Gasteiger partial charge is 0.497 e. The van der Waals surface area contributed by atoms with Crippen LogP contribution in [0.25, 0.3) is 62.0 Å². The Bertz CT molecular complexity index is 4980. The third kappa shape index (κ3) is 13.4. The first-order chi connectivity index (χ1) is 50.1. The smallest absolute Gasteiger partial charge is 0.146 e. The second kappa shape index (κ2) is 29.4. The van der Waals surface area contributed by atoms with Crippen molar-refractivity contribution in [1.82, 2.24) is 54.4 Å². The van der Waals surface area contributed by atoms with E-state index in [9.17, 15) is 0 Å². The summed E-state index contributed by atoms with van der Waals surface area (Å²) < 4.78 is 9.02. The molecule has 530 valence electrons. The number of rotatable bonds is 13. The molecule has 10 heterocycles. The number of methoxy groups -OCH3 is 1. The zero-order valence-corrected chi connectivity index (χ0v) is 63.6. The second-order valence-corrected chi connectivity index (χ2v) is 34.3. The molecule has 0 spiro atoms. The fraction of sp³-hybridized carbons (Fsp3) is 0.506. The summed E-state index contributed by atoms with van der Waals surface area (Å²) in [6.45, 7) is 0.847. The van der Waals surface area contributed by atoms with Gasteiger partial charge in [-0.15, -0.1) is 45.3 Å². The molecule has 0 amide bonds. The van der Waals surface area contributed by atoms with Gasteiger partial charge in [0.1, 0.15) is 91.4 Å². The van der Waals surface area contributed by atoms with Gasteiger partial charge < -0.3 is 33.8 Å². The molecular weight excluding hydrogens is 1340 g/mol. The third-order valence-corrected chi connectivity index (χ3v) is 28.1. The van der Waals surface area contributed by atoms with E-state index in [1.165, 1.54) is 259 Å². The van der Waals surface area contributed by atoms with Crippen LogP contribution < -0.4 is 29.2 Å². The molecule has 102 heavy (non-hydrogen) atoms. The van der Waals surface area contributed by atoms with Crippen molar-refractivity contribution in [2.24, 2.45) is 0 Å². The van der Waals surface area contributed by atoms with E-state index in [2.05, 4.69) is 141 Å². The highest BCUT2D eigenvalue weighted by atomic mass is 32.1. The maximum absolute atomic E-state index is 5.30. The summed E-state index contributed by atoms with van der Waals surface area (Å²) in [4.78, 5) is 67.0. The zero-order chi connectivity index (χ0) is 69.0. The summed E-state index contributed by atoms with van der Waals surface area (Å²) in [5, 5.41) is 7.85. The van der Waals surface area contributed by atoms with E-state index in [0.717, 1.165) is 47.2 Å². The first kappa shape index (κ1) is 67.5. The van der Waals surface area contributed by atoms with E-state index in [0.29, 0.717) is 30.2 Å². The zero-order valence-electron chi connectivity index (χ0n) is 60.3. The minimum atomic E-state index is 0.646. The Morgan fingerprint density at radius 1 is 0.363 bits per heavy atom. The van der Waals surface area contributed by atoms with Crippen LogP contribution in [-0.4, -0.2) is 127 Å². The van der Waals surface area contributed by atoms with Crippen molar-refractivity contribution >= 4 is 136 Å². The van der Waals surface area contributed by atoms with E-state index >= 15 is 0 Å². The first-order valence-corrected chi connectivity index (χ1v) is 41.4. The summed E-state index contributed by atoms with van der Waals surface area (Å²) in [6, 6.07) is 20.3. The van der Waals surface area contributed by atoms with Gasteiger partial charge in [0.25, 0.3) is 0 Å². The Morgan fingerprint density at radius 3 is 1.17 bits per heavy atom. The van der Waals surface area contributed by atoms with E-state index in [4.69, 9.17) is 14.7 Å². The highest BCUT2D eigenvalue weighted by Gasteiger charge is 2.35. The highest BCUT2D eigenvalue weighted by molar-refractivity contribution is 7.25. The average Bonchev–Trinajstić information content (AvgIpc) is 1.62. The van der Waals surface area contributed by atoms with Gasteiger partial charge in [0.05, 0.1) is 34.0 Å². The first-order valence-electron chi connectivity index (χ1n) is 38.1. The van der Waals surface area contributed by atoms with Crippen LogP contribution in [-0.2, 0) is 57.9 Å². The normalized spacial score (nSPS) is 17.8. The van der Waals surface area contributed by atoms with Crippen LogP contribution in [0.2, 0.25) is 0 Å². The average molecular weight is 1440 g/mol. The lowest BCUT2D eigenvalue weighted by Gasteiger charge is -2.36. The lowest BCUT2D eigenvalue weighted by molar-refractivity contribution is 0.400. The van der Waals surface area contributed by atoms with Crippen molar-refractivity contribution in [3.63, 3.8) is 0 Å². The molecule has 0 bridgehead atoms. The van der Waals surface area contributed by atoms with Gasteiger partial charge in [0.2, 0.25) is 0 Å². The lowest BCUT2D eigenvalue weighted by Crippen LogP contribution is -2.37. The maximum atomic E-state index is 5.30. The van der Waals surface area contributed by atoms with Crippen molar-refractivity contribution in [3.8, 4) is 5.75 Å². The summed E-state index contributed by atoms with van der Waals surface area (Å²) in [5.74, 6) is 6.63. The number of nitrogens with zero attached hydrogens (tertiary/aromatic N) is 16. The minimum Gasteiger partial charge on any atom is -0.497 e. The second-order valence-electron chi connectivity index (χ2n) is 30.0. The molecule has 0 N–H and O–H groups in total. The summed E-state index contributed by atoms with van der Waals surface area (Å²) in [6.07, 6.45) is 45.9. The number of ether oxygens (including phenoxy) is 1. The van der Waals surface area contributed by atoms with Crippen LogP contribution in [0.3, 0.4) is 0 Å². The highest BCUT2D eigenvalue weighted by Crippen LogP contribution is 2.46. The number of hydrogen-bond acceptors (Lipinski definition) is 20. The molecule has 0 aliphatic heterocycles. The summed E-state index contributed by atoms with van der Waals surface area (Å²) in [5.41, 5.74) is 9.95. The Balaban J connectivity index is 0.0000000956. The molecular formula is C81H96N16OS4. The van der Waals surface area contributed by atoms with Crippen LogP contribution in [0.5, 0.6) is 5.75 Å². The molecule has 17 nitrogen and oxygen atoms in total. The van der Waals surface area contributed by atoms with Gasteiger partial charge in [0, 0.05) is 102 Å². The van der Waals surface area contributed by atoms with Gasteiger partial charge in [-0.05, 0) is 219 Å². The molecule has 9 aliphatic rings. The van der Waals surface area contributed by atoms with Crippen LogP contribution in [0.1, 0.15) is 183 Å². The van der Waals surface area contributed by atoms with E-state index in [1.54, 1.807) is 81.4 Å². The third-order valence-electron chi connectivity index (χ3n) is 23.4. The minimum absolute atomic E-state index is 0.646. The van der Waals surface area contributed by atoms with Crippen molar-refractivity contribution in [2.75, 3.05) is 66.8 Å². The van der Waals surface area contributed by atoms with E-state index in [-0.39, 0.29) is 0 Å².